The Morgan fingerprint density at radius 2 is 1.88 bits per heavy atom. The molecule has 1 amide bonds. The molecule has 1 heterocycles. The summed E-state index contributed by atoms with van der Waals surface area (Å²) in [4.78, 5) is 12.1. The Morgan fingerprint density at radius 1 is 1.24 bits per heavy atom. The van der Waals surface area contributed by atoms with E-state index in [0.29, 0.717) is 18.3 Å². The number of ether oxygens (including phenoxy) is 1. The zero-order valence-corrected chi connectivity index (χ0v) is 15.6. The van der Waals surface area contributed by atoms with Crippen LogP contribution in [-0.4, -0.2) is 36.8 Å². The lowest BCUT2D eigenvalue weighted by Gasteiger charge is -2.28. The van der Waals surface area contributed by atoms with Crippen LogP contribution in [0.25, 0.3) is 0 Å². The normalized spacial score (nSPS) is 18.0. The van der Waals surface area contributed by atoms with Gasteiger partial charge >= 0.3 is 0 Å². The van der Waals surface area contributed by atoms with Crippen molar-refractivity contribution >= 4 is 5.91 Å². The van der Waals surface area contributed by atoms with Gasteiger partial charge in [-0.25, -0.2) is 0 Å². The van der Waals surface area contributed by atoms with Crippen molar-refractivity contribution in [3.63, 3.8) is 0 Å². The number of aliphatic hydroxyl groups is 1. The van der Waals surface area contributed by atoms with Gasteiger partial charge in [0.15, 0.2) is 0 Å². The summed E-state index contributed by atoms with van der Waals surface area (Å²) in [7, 11) is 0. The predicted octanol–water partition coefficient (Wildman–Crippen LogP) is 2.65. The molecule has 5 nitrogen and oxygen atoms in total. The fraction of sp³-hybridized carbons (Fsp3) is 0.650. The SMILES string of the molecule is CC(C)Oc1ccc(C(O)CNC(=O)CC(C)C2CCNCC2)cc1. The first kappa shape index (κ1) is 19.7. The van der Waals surface area contributed by atoms with E-state index in [1.165, 1.54) is 0 Å². The number of nitrogens with one attached hydrogen (secondary N) is 2. The van der Waals surface area contributed by atoms with E-state index in [4.69, 9.17) is 4.74 Å². The van der Waals surface area contributed by atoms with Crippen LogP contribution in [0.15, 0.2) is 24.3 Å². The number of hydrogen-bond acceptors (Lipinski definition) is 4. The van der Waals surface area contributed by atoms with Crippen molar-refractivity contribution in [2.24, 2.45) is 11.8 Å². The lowest BCUT2D eigenvalue weighted by atomic mass is 9.84. The molecule has 140 valence electrons. The quantitative estimate of drug-likeness (QED) is 0.675. The van der Waals surface area contributed by atoms with E-state index in [9.17, 15) is 9.90 Å². The molecule has 0 radical (unpaired) electrons. The third-order valence-electron chi connectivity index (χ3n) is 4.83. The van der Waals surface area contributed by atoms with Crippen LogP contribution in [0, 0.1) is 11.8 Å². The molecule has 25 heavy (non-hydrogen) atoms. The van der Waals surface area contributed by atoms with Crippen molar-refractivity contribution in [3.8, 4) is 5.75 Å². The van der Waals surface area contributed by atoms with Gasteiger partial charge in [0.05, 0.1) is 12.2 Å². The number of carbonyl (C=O) groups excluding carboxylic acids is 1. The minimum absolute atomic E-state index is 0.0184. The van der Waals surface area contributed by atoms with Gasteiger partial charge in [0.25, 0.3) is 0 Å². The smallest absolute Gasteiger partial charge is 0.220 e. The van der Waals surface area contributed by atoms with Gasteiger partial charge in [0.2, 0.25) is 5.91 Å². The summed E-state index contributed by atoms with van der Waals surface area (Å²) in [5, 5.41) is 16.5. The minimum Gasteiger partial charge on any atom is -0.491 e. The predicted molar refractivity (Wildman–Crippen MR) is 99.6 cm³/mol. The Balaban J connectivity index is 1.74. The van der Waals surface area contributed by atoms with Crippen LogP contribution in [0.4, 0.5) is 0 Å². The van der Waals surface area contributed by atoms with Crippen LogP contribution >= 0.6 is 0 Å². The van der Waals surface area contributed by atoms with Crippen molar-refractivity contribution in [3.05, 3.63) is 29.8 Å². The van der Waals surface area contributed by atoms with Crippen molar-refractivity contribution in [2.75, 3.05) is 19.6 Å². The maximum Gasteiger partial charge on any atom is 0.220 e. The third-order valence-corrected chi connectivity index (χ3v) is 4.83. The molecule has 5 heteroatoms. The van der Waals surface area contributed by atoms with E-state index in [0.717, 1.165) is 37.2 Å². The minimum atomic E-state index is -0.703. The summed E-state index contributed by atoms with van der Waals surface area (Å²) < 4.78 is 5.59. The van der Waals surface area contributed by atoms with E-state index in [1.54, 1.807) is 0 Å². The lowest BCUT2D eigenvalue weighted by Crippen LogP contribution is -2.34. The molecule has 0 aromatic heterocycles. The molecule has 2 atom stereocenters. The first-order valence-electron chi connectivity index (χ1n) is 9.37. The average Bonchev–Trinajstić information content (AvgIpc) is 2.60. The number of carbonyl (C=O) groups is 1. The molecular weight excluding hydrogens is 316 g/mol. The molecule has 0 bridgehead atoms. The third kappa shape index (κ3) is 6.67. The monoisotopic (exact) mass is 348 g/mol. The molecule has 0 saturated carbocycles. The Bertz CT molecular complexity index is 524. The average molecular weight is 348 g/mol. The molecule has 1 fully saturated rings. The second kappa shape index (κ2) is 9.78. The summed E-state index contributed by atoms with van der Waals surface area (Å²) >= 11 is 0. The summed E-state index contributed by atoms with van der Waals surface area (Å²) in [6, 6.07) is 7.37. The fourth-order valence-electron chi connectivity index (χ4n) is 3.31. The van der Waals surface area contributed by atoms with Gasteiger partial charge < -0.3 is 20.5 Å². The summed E-state index contributed by atoms with van der Waals surface area (Å²) in [6.45, 7) is 8.44. The summed E-state index contributed by atoms with van der Waals surface area (Å²) in [5.74, 6) is 1.80. The van der Waals surface area contributed by atoms with Crippen molar-refractivity contribution in [2.45, 2.75) is 52.2 Å². The molecular formula is C20H32N2O3. The van der Waals surface area contributed by atoms with Gasteiger partial charge in [-0.15, -0.1) is 0 Å². The van der Waals surface area contributed by atoms with Crippen LogP contribution in [0.5, 0.6) is 5.75 Å². The zero-order valence-electron chi connectivity index (χ0n) is 15.6. The molecule has 2 unspecified atom stereocenters. The largest absolute Gasteiger partial charge is 0.491 e. The van der Waals surface area contributed by atoms with E-state index < -0.39 is 6.10 Å². The van der Waals surface area contributed by atoms with Gasteiger partial charge in [-0.3, -0.25) is 4.79 Å². The number of piperidine rings is 1. The Hall–Kier alpha value is -1.59. The first-order chi connectivity index (χ1) is 12.0. The summed E-state index contributed by atoms with van der Waals surface area (Å²) in [6.07, 6.45) is 2.23. The van der Waals surface area contributed by atoms with E-state index in [2.05, 4.69) is 17.6 Å². The van der Waals surface area contributed by atoms with Gasteiger partial charge in [-0.1, -0.05) is 19.1 Å². The van der Waals surface area contributed by atoms with Crippen molar-refractivity contribution < 1.29 is 14.6 Å². The molecule has 1 aromatic rings. The lowest BCUT2D eigenvalue weighted by molar-refractivity contribution is -0.122. The highest BCUT2D eigenvalue weighted by molar-refractivity contribution is 5.76. The molecule has 1 aromatic carbocycles. The molecule has 2 rings (SSSR count). The Morgan fingerprint density at radius 3 is 2.48 bits per heavy atom. The second-order valence-corrected chi connectivity index (χ2v) is 7.32. The van der Waals surface area contributed by atoms with E-state index in [1.807, 2.05) is 38.1 Å². The van der Waals surface area contributed by atoms with Crippen LogP contribution in [0.3, 0.4) is 0 Å². The molecule has 3 N–H and O–H groups in total. The molecule has 1 aliphatic rings. The highest BCUT2D eigenvalue weighted by Gasteiger charge is 2.22. The van der Waals surface area contributed by atoms with Crippen LogP contribution in [0.1, 0.15) is 51.7 Å². The van der Waals surface area contributed by atoms with Crippen molar-refractivity contribution in [1.29, 1.82) is 0 Å². The van der Waals surface area contributed by atoms with Gasteiger partial charge in [-0.2, -0.15) is 0 Å². The van der Waals surface area contributed by atoms with Crippen LogP contribution in [0.2, 0.25) is 0 Å². The zero-order chi connectivity index (χ0) is 18.2. The number of rotatable bonds is 8. The topological polar surface area (TPSA) is 70.6 Å². The van der Waals surface area contributed by atoms with Gasteiger partial charge in [0.1, 0.15) is 5.75 Å². The van der Waals surface area contributed by atoms with E-state index >= 15 is 0 Å². The first-order valence-corrected chi connectivity index (χ1v) is 9.37. The molecule has 1 aliphatic heterocycles. The fourth-order valence-corrected chi connectivity index (χ4v) is 3.31. The number of amides is 1. The Labute approximate surface area is 151 Å². The second-order valence-electron chi connectivity index (χ2n) is 7.32. The van der Waals surface area contributed by atoms with Gasteiger partial charge in [-0.05, 0) is 69.3 Å². The molecule has 0 spiro atoms. The molecule has 1 saturated heterocycles. The van der Waals surface area contributed by atoms with Crippen LogP contribution in [-0.2, 0) is 4.79 Å². The number of benzene rings is 1. The Kier molecular flexibility index (Phi) is 7.72. The number of hydrogen-bond donors (Lipinski definition) is 3. The standard InChI is InChI=1S/C20H32N2O3/c1-14(2)25-18-6-4-17(5-7-18)19(23)13-22-20(24)12-15(3)16-8-10-21-11-9-16/h4-7,14-16,19,21,23H,8-13H2,1-3H3,(H,22,24). The maximum atomic E-state index is 12.1. The highest BCUT2D eigenvalue weighted by atomic mass is 16.5. The molecule has 0 aliphatic carbocycles. The maximum absolute atomic E-state index is 12.1. The number of aliphatic hydroxyl groups excluding tert-OH is 1. The van der Waals surface area contributed by atoms with E-state index in [-0.39, 0.29) is 18.6 Å². The van der Waals surface area contributed by atoms with Crippen molar-refractivity contribution in [1.82, 2.24) is 10.6 Å². The van der Waals surface area contributed by atoms with Gasteiger partial charge in [0, 0.05) is 13.0 Å². The summed E-state index contributed by atoms with van der Waals surface area (Å²) in [5.41, 5.74) is 0.780. The highest BCUT2D eigenvalue weighted by Crippen LogP contribution is 2.24. The van der Waals surface area contributed by atoms with Crippen LogP contribution < -0.4 is 15.4 Å².